The predicted molar refractivity (Wildman–Crippen MR) is 112 cm³/mol. The summed E-state index contributed by atoms with van der Waals surface area (Å²) in [5.41, 5.74) is 6.73. The smallest absolute Gasteiger partial charge is 0.338 e. The number of carbonyl (C=O) groups excluding carboxylic acids is 1. The molecule has 0 spiro atoms. The molecule has 4 rings (SSSR count). The molecule has 0 bridgehead atoms. The number of ether oxygens (including phenoxy) is 1. The Morgan fingerprint density at radius 2 is 1.82 bits per heavy atom. The van der Waals surface area contributed by atoms with Crippen LogP contribution in [0.3, 0.4) is 0 Å². The maximum Gasteiger partial charge on any atom is 0.338 e. The second kappa shape index (κ2) is 7.31. The molecule has 0 aliphatic rings. The average Bonchev–Trinajstić information content (AvgIpc) is 3.06. The molecule has 0 atom stereocenters. The third-order valence-corrected chi connectivity index (χ3v) is 4.81. The van der Waals surface area contributed by atoms with Gasteiger partial charge in [0.1, 0.15) is 5.82 Å². The van der Waals surface area contributed by atoms with Crippen molar-refractivity contribution in [1.82, 2.24) is 9.55 Å². The summed E-state index contributed by atoms with van der Waals surface area (Å²) >= 11 is 0. The Bertz CT molecular complexity index is 1170. The molecular weight excluding hydrogens is 348 g/mol. The third kappa shape index (κ3) is 3.18. The van der Waals surface area contributed by atoms with E-state index in [0.29, 0.717) is 12.2 Å². The highest BCUT2D eigenvalue weighted by atomic mass is 16.5. The fraction of sp³-hybridized carbons (Fsp3) is 0.167. The van der Waals surface area contributed by atoms with Crippen LogP contribution in [-0.2, 0) is 4.74 Å². The Morgan fingerprint density at radius 3 is 2.61 bits per heavy atom. The van der Waals surface area contributed by atoms with Crippen LogP contribution in [0.25, 0.3) is 28.1 Å². The number of nitrogens with zero attached hydrogens (tertiary/aromatic N) is 2. The molecule has 3 aromatic carbocycles. The van der Waals surface area contributed by atoms with E-state index in [2.05, 4.69) is 48.7 Å². The SMILES string of the molecule is CCOC(=O)c1cccc(-n2c(-c3ccccc3C)nc3cc(C)ccc32)c1. The van der Waals surface area contributed by atoms with Crippen molar-refractivity contribution in [3.8, 4) is 17.1 Å². The predicted octanol–water partition coefficient (Wildman–Crippen LogP) is 5.49. The van der Waals surface area contributed by atoms with Gasteiger partial charge in [-0.25, -0.2) is 9.78 Å². The summed E-state index contributed by atoms with van der Waals surface area (Å²) in [4.78, 5) is 17.2. The Morgan fingerprint density at radius 1 is 1.00 bits per heavy atom. The van der Waals surface area contributed by atoms with Crippen LogP contribution in [0.4, 0.5) is 0 Å². The minimum absolute atomic E-state index is 0.318. The van der Waals surface area contributed by atoms with Gasteiger partial charge in [0, 0.05) is 11.3 Å². The first-order valence-corrected chi connectivity index (χ1v) is 9.41. The molecule has 1 aromatic heterocycles. The quantitative estimate of drug-likeness (QED) is 0.446. The fourth-order valence-electron chi connectivity index (χ4n) is 3.44. The topological polar surface area (TPSA) is 44.1 Å². The van der Waals surface area contributed by atoms with Gasteiger partial charge in [0.05, 0.1) is 23.2 Å². The zero-order valence-corrected chi connectivity index (χ0v) is 16.3. The number of imidazole rings is 1. The first-order chi connectivity index (χ1) is 13.6. The van der Waals surface area contributed by atoms with Gasteiger partial charge in [-0.3, -0.25) is 4.57 Å². The van der Waals surface area contributed by atoms with Gasteiger partial charge >= 0.3 is 5.97 Å². The molecule has 4 nitrogen and oxygen atoms in total. The van der Waals surface area contributed by atoms with E-state index < -0.39 is 0 Å². The number of rotatable bonds is 4. The minimum atomic E-state index is -0.318. The van der Waals surface area contributed by atoms with E-state index in [1.54, 1.807) is 6.07 Å². The second-order valence-corrected chi connectivity index (χ2v) is 6.85. The summed E-state index contributed by atoms with van der Waals surface area (Å²) in [6.07, 6.45) is 0. The van der Waals surface area contributed by atoms with Gasteiger partial charge in [0.25, 0.3) is 0 Å². The van der Waals surface area contributed by atoms with E-state index in [9.17, 15) is 4.79 Å². The Kier molecular flexibility index (Phi) is 4.70. The van der Waals surface area contributed by atoms with Crippen molar-refractivity contribution in [3.63, 3.8) is 0 Å². The van der Waals surface area contributed by atoms with Crippen LogP contribution >= 0.6 is 0 Å². The highest BCUT2D eigenvalue weighted by Crippen LogP contribution is 2.31. The molecule has 0 aliphatic carbocycles. The van der Waals surface area contributed by atoms with Gasteiger partial charge in [0.15, 0.2) is 0 Å². The number of benzene rings is 3. The van der Waals surface area contributed by atoms with Crippen molar-refractivity contribution < 1.29 is 9.53 Å². The van der Waals surface area contributed by atoms with Crippen molar-refractivity contribution in [3.05, 3.63) is 83.4 Å². The van der Waals surface area contributed by atoms with E-state index in [1.807, 2.05) is 37.3 Å². The normalized spacial score (nSPS) is 11.0. The molecule has 0 saturated carbocycles. The molecule has 0 saturated heterocycles. The first kappa shape index (κ1) is 18.0. The van der Waals surface area contributed by atoms with Crippen LogP contribution in [0.1, 0.15) is 28.4 Å². The zero-order valence-electron chi connectivity index (χ0n) is 16.3. The molecule has 0 aliphatic heterocycles. The molecule has 4 aromatic rings. The number of esters is 1. The van der Waals surface area contributed by atoms with Gasteiger partial charge in [0.2, 0.25) is 0 Å². The molecule has 1 heterocycles. The van der Waals surface area contributed by atoms with Crippen LogP contribution in [0.15, 0.2) is 66.7 Å². The molecule has 4 heteroatoms. The number of hydrogen-bond donors (Lipinski definition) is 0. The fourth-order valence-corrected chi connectivity index (χ4v) is 3.44. The van der Waals surface area contributed by atoms with Crippen LogP contribution in [0.2, 0.25) is 0 Å². The minimum Gasteiger partial charge on any atom is -0.462 e. The molecule has 140 valence electrons. The first-order valence-electron chi connectivity index (χ1n) is 9.41. The third-order valence-electron chi connectivity index (χ3n) is 4.81. The lowest BCUT2D eigenvalue weighted by molar-refractivity contribution is 0.0526. The molecular formula is C24H22N2O2. The van der Waals surface area contributed by atoms with Crippen LogP contribution < -0.4 is 0 Å². The summed E-state index contributed by atoms with van der Waals surface area (Å²) in [6.45, 7) is 6.31. The number of fused-ring (bicyclic) bond motifs is 1. The molecule has 0 radical (unpaired) electrons. The Balaban J connectivity index is 1.98. The summed E-state index contributed by atoms with van der Waals surface area (Å²) in [6, 6.07) is 22.0. The summed E-state index contributed by atoms with van der Waals surface area (Å²) in [5.74, 6) is 0.543. The molecule has 0 fully saturated rings. The molecule has 0 unspecified atom stereocenters. The lowest BCUT2D eigenvalue weighted by atomic mass is 10.1. The van der Waals surface area contributed by atoms with Gasteiger partial charge in [-0.1, -0.05) is 36.4 Å². The lowest BCUT2D eigenvalue weighted by Gasteiger charge is -2.12. The largest absolute Gasteiger partial charge is 0.462 e. The number of aromatic nitrogens is 2. The second-order valence-electron chi connectivity index (χ2n) is 6.85. The Labute approximate surface area is 164 Å². The highest BCUT2D eigenvalue weighted by molar-refractivity contribution is 5.91. The lowest BCUT2D eigenvalue weighted by Crippen LogP contribution is -2.06. The molecule has 0 amide bonds. The average molecular weight is 370 g/mol. The van der Waals surface area contributed by atoms with Crippen molar-refractivity contribution in [2.75, 3.05) is 6.61 Å². The number of aryl methyl sites for hydroxylation is 2. The van der Waals surface area contributed by atoms with E-state index in [4.69, 9.17) is 9.72 Å². The maximum atomic E-state index is 12.2. The summed E-state index contributed by atoms with van der Waals surface area (Å²) in [5, 5.41) is 0. The van der Waals surface area contributed by atoms with Gasteiger partial charge in [-0.2, -0.15) is 0 Å². The monoisotopic (exact) mass is 370 g/mol. The van der Waals surface area contributed by atoms with Crippen LogP contribution in [-0.4, -0.2) is 22.1 Å². The van der Waals surface area contributed by atoms with Crippen LogP contribution in [0.5, 0.6) is 0 Å². The maximum absolute atomic E-state index is 12.2. The zero-order chi connectivity index (χ0) is 19.7. The van der Waals surface area contributed by atoms with Crippen molar-refractivity contribution >= 4 is 17.0 Å². The van der Waals surface area contributed by atoms with Crippen molar-refractivity contribution in [2.45, 2.75) is 20.8 Å². The van der Waals surface area contributed by atoms with Gasteiger partial charge in [-0.05, 0) is 62.2 Å². The standard InChI is InChI=1S/C24H22N2O2/c1-4-28-24(27)18-9-7-10-19(15-18)26-22-13-12-16(2)14-21(22)25-23(26)20-11-6-5-8-17(20)3/h5-15H,4H2,1-3H3. The highest BCUT2D eigenvalue weighted by Gasteiger charge is 2.17. The van der Waals surface area contributed by atoms with E-state index in [1.165, 1.54) is 0 Å². The molecule has 28 heavy (non-hydrogen) atoms. The number of carbonyl (C=O) groups is 1. The van der Waals surface area contributed by atoms with E-state index in [0.717, 1.165) is 39.2 Å². The van der Waals surface area contributed by atoms with Crippen LogP contribution in [0, 0.1) is 13.8 Å². The summed E-state index contributed by atoms with van der Waals surface area (Å²) < 4.78 is 7.28. The van der Waals surface area contributed by atoms with E-state index >= 15 is 0 Å². The van der Waals surface area contributed by atoms with Crippen molar-refractivity contribution in [2.24, 2.45) is 0 Å². The Hall–Kier alpha value is -3.40. The van der Waals surface area contributed by atoms with Gasteiger partial charge in [-0.15, -0.1) is 0 Å². The molecule has 0 N–H and O–H groups in total. The number of hydrogen-bond acceptors (Lipinski definition) is 3. The van der Waals surface area contributed by atoms with Gasteiger partial charge < -0.3 is 4.74 Å². The van der Waals surface area contributed by atoms with E-state index in [-0.39, 0.29) is 5.97 Å². The van der Waals surface area contributed by atoms with Crippen molar-refractivity contribution in [1.29, 1.82) is 0 Å². The summed E-state index contributed by atoms with van der Waals surface area (Å²) in [7, 11) is 0.